The Labute approximate surface area is 154 Å². The van der Waals surface area contributed by atoms with E-state index in [4.69, 9.17) is 9.47 Å². The molecule has 1 fully saturated rings. The van der Waals surface area contributed by atoms with Gasteiger partial charge in [-0.1, -0.05) is 12.1 Å². The summed E-state index contributed by atoms with van der Waals surface area (Å²) in [6.45, 7) is 3.87. The molecule has 2 aromatic carbocycles. The summed E-state index contributed by atoms with van der Waals surface area (Å²) in [6.07, 6.45) is 0. The van der Waals surface area contributed by atoms with Crippen LogP contribution in [0.4, 0.5) is 11.4 Å². The molecule has 1 aliphatic heterocycles. The van der Waals surface area contributed by atoms with E-state index in [0.29, 0.717) is 6.54 Å². The van der Waals surface area contributed by atoms with Crippen LogP contribution in [0.2, 0.25) is 0 Å². The number of nitrogens with one attached hydrogen (secondary N) is 1. The maximum absolute atomic E-state index is 12.3. The van der Waals surface area contributed by atoms with E-state index in [-0.39, 0.29) is 5.91 Å². The molecule has 6 nitrogen and oxygen atoms in total. The van der Waals surface area contributed by atoms with E-state index in [1.54, 1.807) is 14.2 Å². The van der Waals surface area contributed by atoms with Crippen molar-refractivity contribution in [3.63, 3.8) is 0 Å². The number of hydrogen-bond acceptors (Lipinski definition) is 5. The fraction of sp³-hybridized carbons (Fsp3) is 0.350. The smallest absolute Gasteiger partial charge is 0.238 e. The Morgan fingerprint density at radius 3 is 2.31 bits per heavy atom. The number of rotatable bonds is 6. The maximum atomic E-state index is 12.3. The lowest BCUT2D eigenvalue weighted by Gasteiger charge is -2.35. The minimum Gasteiger partial charge on any atom is -0.497 e. The molecule has 6 heteroatoms. The van der Waals surface area contributed by atoms with Gasteiger partial charge < -0.3 is 19.7 Å². The van der Waals surface area contributed by atoms with Gasteiger partial charge in [0, 0.05) is 49.7 Å². The quantitative estimate of drug-likeness (QED) is 0.863. The van der Waals surface area contributed by atoms with Crippen molar-refractivity contribution >= 4 is 17.3 Å². The summed E-state index contributed by atoms with van der Waals surface area (Å²) < 4.78 is 10.5. The van der Waals surface area contributed by atoms with Gasteiger partial charge in [0.2, 0.25) is 5.91 Å². The number of carbonyl (C=O) groups excluding carboxylic acids is 1. The number of carbonyl (C=O) groups is 1. The molecule has 0 bridgehead atoms. The van der Waals surface area contributed by atoms with Gasteiger partial charge in [0.15, 0.2) is 0 Å². The molecule has 1 amide bonds. The molecule has 0 aliphatic carbocycles. The molecule has 1 heterocycles. The second-order valence-electron chi connectivity index (χ2n) is 6.24. The molecule has 2 aromatic rings. The van der Waals surface area contributed by atoms with Gasteiger partial charge in [-0.05, 0) is 24.3 Å². The zero-order valence-corrected chi connectivity index (χ0v) is 15.3. The molecular formula is C20H25N3O3. The number of piperazine rings is 1. The van der Waals surface area contributed by atoms with Crippen molar-refractivity contribution in [2.75, 3.05) is 57.2 Å². The monoisotopic (exact) mass is 355 g/mol. The van der Waals surface area contributed by atoms with Crippen molar-refractivity contribution in [1.29, 1.82) is 0 Å². The average Bonchev–Trinajstić information content (AvgIpc) is 2.68. The molecule has 1 N–H and O–H groups in total. The highest BCUT2D eigenvalue weighted by molar-refractivity contribution is 5.92. The normalized spacial score (nSPS) is 14.8. The van der Waals surface area contributed by atoms with Gasteiger partial charge in [0.25, 0.3) is 0 Å². The van der Waals surface area contributed by atoms with E-state index < -0.39 is 0 Å². The van der Waals surface area contributed by atoms with Crippen LogP contribution in [0.1, 0.15) is 0 Å². The van der Waals surface area contributed by atoms with Crippen LogP contribution in [-0.2, 0) is 4.79 Å². The zero-order valence-electron chi connectivity index (χ0n) is 15.3. The molecule has 0 saturated carbocycles. The summed E-state index contributed by atoms with van der Waals surface area (Å²) in [4.78, 5) is 16.8. The Hall–Kier alpha value is -2.73. The van der Waals surface area contributed by atoms with Crippen molar-refractivity contribution in [1.82, 2.24) is 4.90 Å². The van der Waals surface area contributed by atoms with E-state index >= 15 is 0 Å². The van der Waals surface area contributed by atoms with E-state index in [1.165, 1.54) is 0 Å². The lowest BCUT2D eigenvalue weighted by atomic mass is 10.2. The average molecular weight is 355 g/mol. The van der Waals surface area contributed by atoms with Crippen molar-refractivity contribution in [2.45, 2.75) is 0 Å². The first-order valence-corrected chi connectivity index (χ1v) is 8.73. The van der Waals surface area contributed by atoms with Crippen molar-refractivity contribution in [3.05, 3.63) is 48.5 Å². The van der Waals surface area contributed by atoms with Crippen molar-refractivity contribution in [3.8, 4) is 11.5 Å². The minimum absolute atomic E-state index is 0.00640. The highest BCUT2D eigenvalue weighted by Gasteiger charge is 2.19. The number of anilines is 2. The van der Waals surface area contributed by atoms with Gasteiger partial charge in [-0.15, -0.1) is 0 Å². The topological polar surface area (TPSA) is 54.0 Å². The number of hydrogen-bond donors (Lipinski definition) is 1. The number of methoxy groups -OCH3 is 2. The second kappa shape index (κ2) is 8.58. The first-order valence-electron chi connectivity index (χ1n) is 8.73. The lowest BCUT2D eigenvalue weighted by Crippen LogP contribution is -2.48. The van der Waals surface area contributed by atoms with Crippen molar-refractivity contribution in [2.24, 2.45) is 0 Å². The molecular weight excluding hydrogens is 330 g/mol. The molecule has 0 spiro atoms. The number of amides is 1. The summed E-state index contributed by atoms with van der Waals surface area (Å²) >= 11 is 0. The largest absolute Gasteiger partial charge is 0.497 e. The molecule has 1 saturated heterocycles. The first kappa shape index (κ1) is 18.1. The standard InChI is InChI=1S/C20H25N3O3/c1-25-18-7-3-5-16(13-18)21-20(24)15-22-9-11-23(12-10-22)17-6-4-8-19(14-17)26-2/h3-8,13-14H,9-12,15H2,1-2H3,(H,21,24). The van der Waals surface area contributed by atoms with Crippen LogP contribution in [0, 0.1) is 0 Å². The van der Waals surface area contributed by atoms with E-state index in [0.717, 1.165) is 49.1 Å². The van der Waals surface area contributed by atoms with Gasteiger partial charge >= 0.3 is 0 Å². The predicted octanol–water partition coefficient (Wildman–Crippen LogP) is 2.46. The Morgan fingerprint density at radius 2 is 1.62 bits per heavy atom. The molecule has 0 unspecified atom stereocenters. The van der Waals surface area contributed by atoms with Crippen LogP contribution in [0.5, 0.6) is 11.5 Å². The molecule has 0 aromatic heterocycles. The van der Waals surface area contributed by atoms with Gasteiger partial charge in [0.05, 0.1) is 20.8 Å². The number of benzene rings is 2. The molecule has 1 aliphatic rings. The lowest BCUT2D eigenvalue weighted by molar-refractivity contribution is -0.117. The van der Waals surface area contributed by atoms with Crippen LogP contribution in [0.15, 0.2) is 48.5 Å². The third kappa shape index (κ3) is 4.67. The molecule has 0 radical (unpaired) electrons. The highest BCUT2D eigenvalue weighted by Crippen LogP contribution is 2.22. The van der Waals surface area contributed by atoms with Crippen LogP contribution in [0.25, 0.3) is 0 Å². The van der Waals surface area contributed by atoms with Crippen LogP contribution >= 0.6 is 0 Å². The molecule has 26 heavy (non-hydrogen) atoms. The number of ether oxygens (including phenoxy) is 2. The van der Waals surface area contributed by atoms with Crippen LogP contribution in [-0.4, -0.2) is 57.8 Å². The van der Waals surface area contributed by atoms with Gasteiger partial charge in [0.1, 0.15) is 11.5 Å². The molecule has 0 atom stereocenters. The number of nitrogens with zero attached hydrogens (tertiary/aromatic N) is 2. The van der Waals surface area contributed by atoms with E-state index in [9.17, 15) is 4.79 Å². The van der Waals surface area contributed by atoms with Gasteiger partial charge in [-0.3, -0.25) is 9.69 Å². The molecule has 3 rings (SSSR count). The van der Waals surface area contributed by atoms with Crippen LogP contribution in [0.3, 0.4) is 0 Å². The van der Waals surface area contributed by atoms with E-state index in [1.807, 2.05) is 42.5 Å². The van der Waals surface area contributed by atoms with E-state index in [2.05, 4.69) is 21.2 Å². The van der Waals surface area contributed by atoms with Gasteiger partial charge in [-0.25, -0.2) is 0 Å². The Bertz CT molecular complexity index is 743. The highest BCUT2D eigenvalue weighted by atomic mass is 16.5. The Kier molecular flexibility index (Phi) is 5.96. The SMILES string of the molecule is COc1cccc(NC(=O)CN2CCN(c3cccc(OC)c3)CC2)c1. The van der Waals surface area contributed by atoms with Crippen LogP contribution < -0.4 is 19.7 Å². The summed E-state index contributed by atoms with van der Waals surface area (Å²) in [5.41, 5.74) is 1.91. The fourth-order valence-electron chi connectivity index (χ4n) is 3.08. The first-order chi connectivity index (χ1) is 12.7. The maximum Gasteiger partial charge on any atom is 0.238 e. The Balaban J connectivity index is 1.49. The van der Waals surface area contributed by atoms with Crippen molar-refractivity contribution < 1.29 is 14.3 Å². The second-order valence-corrected chi connectivity index (χ2v) is 6.24. The summed E-state index contributed by atoms with van der Waals surface area (Å²) in [7, 11) is 3.29. The summed E-state index contributed by atoms with van der Waals surface area (Å²) in [5, 5.41) is 2.93. The summed E-state index contributed by atoms with van der Waals surface area (Å²) in [5.74, 6) is 1.59. The third-order valence-electron chi connectivity index (χ3n) is 4.51. The zero-order chi connectivity index (χ0) is 18.4. The fourth-order valence-corrected chi connectivity index (χ4v) is 3.08. The summed E-state index contributed by atoms with van der Waals surface area (Å²) in [6, 6.07) is 15.5. The minimum atomic E-state index is -0.00640. The third-order valence-corrected chi connectivity index (χ3v) is 4.51. The Morgan fingerprint density at radius 1 is 0.962 bits per heavy atom. The molecule has 138 valence electrons. The van der Waals surface area contributed by atoms with Gasteiger partial charge in [-0.2, -0.15) is 0 Å². The predicted molar refractivity (Wildman–Crippen MR) is 103 cm³/mol.